The van der Waals surface area contributed by atoms with Crippen molar-refractivity contribution in [3.05, 3.63) is 24.2 Å². The molecule has 18 heavy (non-hydrogen) atoms. The van der Waals surface area contributed by atoms with Gasteiger partial charge in [0.05, 0.1) is 6.26 Å². The number of methoxy groups -OCH3 is 1. The average molecular weight is 251 g/mol. The fourth-order valence-corrected chi connectivity index (χ4v) is 2.32. The van der Waals surface area contributed by atoms with E-state index in [0.29, 0.717) is 11.5 Å². The number of ether oxygens (including phenoxy) is 1. The van der Waals surface area contributed by atoms with E-state index in [1.807, 2.05) is 12.1 Å². The zero-order valence-electron chi connectivity index (χ0n) is 11.6. The van der Waals surface area contributed by atoms with Gasteiger partial charge in [0, 0.05) is 32.7 Å². The Labute approximate surface area is 110 Å². The molecule has 0 spiro atoms. The maximum Gasteiger partial charge on any atom is 0.103 e. The Morgan fingerprint density at radius 3 is 2.94 bits per heavy atom. The van der Waals surface area contributed by atoms with Gasteiger partial charge in [-0.05, 0) is 50.2 Å². The van der Waals surface area contributed by atoms with Gasteiger partial charge in [0.25, 0.3) is 0 Å². The van der Waals surface area contributed by atoms with E-state index in [4.69, 9.17) is 9.15 Å². The van der Waals surface area contributed by atoms with Gasteiger partial charge in [-0.25, -0.2) is 0 Å². The van der Waals surface area contributed by atoms with Crippen LogP contribution in [0.2, 0.25) is 0 Å². The van der Waals surface area contributed by atoms with Gasteiger partial charge in [-0.15, -0.1) is 0 Å². The summed E-state index contributed by atoms with van der Waals surface area (Å²) in [4.78, 5) is 0. The zero-order chi connectivity index (χ0) is 12.8. The molecule has 0 bridgehead atoms. The normalized spacial score (nSPS) is 18.8. The van der Waals surface area contributed by atoms with E-state index < -0.39 is 0 Å². The quantitative estimate of drug-likeness (QED) is 0.732. The fourth-order valence-electron chi connectivity index (χ4n) is 2.32. The van der Waals surface area contributed by atoms with Crippen molar-refractivity contribution in [3.63, 3.8) is 0 Å². The number of hydrogen-bond donors (Lipinski definition) is 1. The van der Waals surface area contributed by atoms with Gasteiger partial charge in [-0.3, -0.25) is 0 Å². The summed E-state index contributed by atoms with van der Waals surface area (Å²) in [6.07, 6.45) is 7.81. The van der Waals surface area contributed by atoms with E-state index in [0.717, 1.165) is 31.8 Å². The molecule has 1 aliphatic carbocycles. The number of nitrogens with one attached hydrogen (secondary N) is 1. The van der Waals surface area contributed by atoms with Crippen molar-refractivity contribution in [2.75, 3.05) is 20.3 Å². The van der Waals surface area contributed by atoms with Gasteiger partial charge in [0.1, 0.15) is 5.76 Å². The third kappa shape index (κ3) is 4.14. The minimum Gasteiger partial charge on any atom is -0.469 e. The average Bonchev–Trinajstić information content (AvgIpc) is 2.96. The van der Waals surface area contributed by atoms with Crippen LogP contribution in [0.3, 0.4) is 0 Å². The predicted octanol–water partition coefficient (Wildman–Crippen LogP) is 3.01. The number of hydrogen-bond acceptors (Lipinski definition) is 3. The van der Waals surface area contributed by atoms with E-state index in [1.54, 1.807) is 13.4 Å². The molecule has 1 unspecified atom stereocenters. The highest BCUT2D eigenvalue weighted by Crippen LogP contribution is 2.48. The molecule has 1 atom stereocenters. The Morgan fingerprint density at radius 2 is 2.33 bits per heavy atom. The lowest BCUT2D eigenvalue weighted by atomic mass is 10.0. The second-order valence-corrected chi connectivity index (χ2v) is 5.64. The van der Waals surface area contributed by atoms with Gasteiger partial charge in [-0.1, -0.05) is 0 Å². The third-order valence-electron chi connectivity index (χ3n) is 4.02. The molecule has 3 heteroatoms. The molecule has 0 saturated heterocycles. The highest BCUT2D eigenvalue weighted by Gasteiger charge is 2.41. The van der Waals surface area contributed by atoms with Crippen molar-refractivity contribution in [1.29, 1.82) is 0 Å². The van der Waals surface area contributed by atoms with Crippen LogP contribution >= 0.6 is 0 Å². The highest BCUT2D eigenvalue weighted by atomic mass is 16.5. The molecule has 1 saturated carbocycles. The number of rotatable bonds is 9. The summed E-state index contributed by atoms with van der Waals surface area (Å²) in [5, 5.41) is 3.66. The van der Waals surface area contributed by atoms with Crippen LogP contribution in [-0.2, 0) is 11.2 Å². The highest BCUT2D eigenvalue weighted by molar-refractivity contribution is 4.99. The summed E-state index contributed by atoms with van der Waals surface area (Å²) in [6, 6.07) is 4.56. The number of aryl methyl sites for hydroxylation is 1. The Morgan fingerprint density at radius 1 is 1.50 bits per heavy atom. The summed E-state index contributed by atoms with van der Waals surface area (Å²) >= 11 is 0. The lowest BCUT2D eigenvalue weighted by Crippen LogP contribution is -2.32. The van der Waals surface area contributed by atoms with Crippen molar-refractivity contribution < 1.29 is 9.15 Å². The van der Waals surface area contributed by atoms with E-state index in [2.05, 4.69) is 12.2 Å². The molecule has 0 amide bonds. The Balaban J connectivity index is 1.61. The molecule has 1 aromatic rings. The third-order valence-corrected chi connectivity index (χ3v) is 4.02. The second-order valence-electron chi connectivity index (χ2n) is 5.64. The van der Waals surface area contributed by atoms with E-state index in [1.165, 1.54) is 19.3 Å². The van der Waals surface area contributed by atoms with Crippen LogP contribution in [-0.4, -0.2) is 26.3 Å². The van der Waals surface area contributed by atoms with Crippen molar-refractivity contribution >= 4 is 0 Å². The van der Waals surface area contributed by atoms with Gasteiger partial charge in [0.2, 0.25) is 0 Å². The van der Waals surface area contributed by atoms with Crippen LogP contribution < -0.4 is 5.32 Å². The molecular formula is C15H25NO2. The molecule has 1 aromatic heterocycles. The van der Waals surface area contributed by atoms with Gasteiger partial charge >= 0.3 is 0 Å². The lowest BCUT2D eigenvalue weighted by molar-refractivity contribution is 0.170. The zero-order valence-corrected chi connectivity index (χ0v) is 11.6. The van der Waals surface area contributed by atoms with E-state index in [-0.39, 0.29) is 0 Å². The van der Waals surface area contributed by atoms with Crippen LogP contribution in [0.15, 0.2) is 22.8 Å². The minimum atomic E-state index is 0.537. The molecule has 1 N–H and O–H groups in total. The molecule has 1 fully saturated rings. The van der Waals surface area contributed by atoms with Gasteiger partial charge < -0.3 is 14.5 Å². The first-order valence-electron chi connectivity index (χ1n) is 6.99. The van der Waals surface area contributed by atoms with Crippen LogP contribution in [0.1, 0.15) is 38.4 Å². The van der Waals surface area contributed by atoms with Crippen LogP contribution in [0.5, 0.6) is 0 Å². The summed E-state index contributed by atoms with van der Waals surface area (Å²) in [5.74, 6) is 1.09. The van der Waals surface area contributed by atoms with Crippen molar-refractivity contribution in [2.45, 2.75) is 45.1 Å². The van der Waals surface area contributed by atoms with Crippen LogP contribution in [0, 0.1) is 5.41 Å². The van der Waals surface area contributed by atoms with Crippen molar-refractivity contribution in [2.24, 2.45) is 5.41 Å². The lowest BCUT2D eigenvalue weighted by Gasteiger charge is -2.19. The summed E-state index contributed by atoms with van der Waals surface area (Å²) < 4.78 is 10.5. The first-order chi connectivity index (χ1) is 8.74. The predicted molar refractivity (Wildman–Crippen MR) is 72.7 cm³/mol. The van der Waals surface area contributed by atoms with Crippen molar-refractivity contribution in [3.8, 4) is 0 Å². The maximum absolute atomic E-state index is 5.35. The topological polar surface area (TPSA) is 34.4 Å². The number of furan rings is 1. The molecule has 2 rings (SSSR count). The molecule has 1 aliphatic rings. The molecule has 0 aliphatic heterocycles. The van der Waals surface area contributed by atoms with Crippen LogP contribution in [0.4, 0.5) is 0 Å². The second kappa shape index (κ2) is 6.39. The van der Waals surface area contributed by atoms with Crippen LogP contribution in [0.25, 0.3) is 0 Å². The van der Waals surface area contributed by atoms with E-state index in [9.17, 15) is 0 Å². The van der Waals surface area contributed by atoms with E-state index >= 15 is 0 Å². The Bertz CT molecular complexity index is 330. The first kappa shape index (κ1) is 13.6. The molecule has 3 nitrogen and oxygen atoms in total. The smallest absolute Gasteiger partial charge is 0.103 e. The molecule has 0 aromatic carbocycles. The molecule has 1 heterocycles. The first-order valence-corrected chi connectivity index (χ1v) is 6.99. The minimum absolute atomic E-state index is 0.537. The fraction of sp³-hybridized carbons (Fsp3) is 0.733. The summed E-state index contributed by atoms with van der Waals surface area (Å²) in [6.45, 7) is 4.29. The Hall–Kier alpha value is -0.800. The Kier molecular flexibility index (Phi) is 4.84. The standard InChI is InChI=1S/C15H25NO2/c1-13(5-6-14-4-3-10-18-14)16-12-15(7-8-15)9-11-17-2/h3-4,10,13,16H,5-9,11-12H2,1-2H3. The monoisotopic (exact) mass is 251 g/mol. The van der Waals surface area contributed by atoms with Crippen molar-refractivity contribution in [1.82, 2.24) is 5.32 Å². The van der Waals surface area contributed by atoms with Gasteiger partial charge in [-0.2, -0.15) is 0 Å². The molecule has 0 radical (unpaired) electrons. The maximum atomic E-state index is 5.35. The largest absolute Gasteiger partial charge is 0.469 e. The molecule has 102 valence electrons. The van der Waals surface area contributed by atoms with Gasteiger partial charge in [0.15, 0.2) is 0 Å². The SMILES string of the molecule is COCCC1(CNC(C)CCc2ccco2)CC1. The molecular weight excluding hydrogens is 226 g/mol. The summed E-state index contributed by atoms with van der Waals surface area (Å²) in [7, 11) is 1.79. The summed E-state index contributed by atoms with van der Waals surface area (Å²) in [5.41, 5.74) is 0.537.